The second-order valence-electron chi connectivity index (χ2n) is 4.26. The van der Waals surface area contributed by atoms with Gasteiger partial charge in [-0.1, -0.05) is 0 Å². The van der Waals surface area contributed by atoms with E-state index < -0.39 is 34.3 Å². The molecule has 0 aliphatic carbocycles. The molecule has 1 N–H and O–H groups in total. The highest BCUT2D eigenvalue weighted by atomic mass is 79.9. The second kappa shape index (κ2) is 6.30. The van der Waals surface area contributed by atoms with Crippen LogP contribution in [-0.4, -0.2) is 41.9 Å². The molecule has 120 valence electrons. The van der Waals surface area contributed by atoms with Gasteiger partial charge in [-0.25, -0.2) is 0 Å². The minimum atomic E-state index is -5.20. The number of nitro groups is 1. The second-order valence-corrected chi connectivity index (χ2v) is 5.12. The first kappa shape index (κ1) is 17.9. The van der Waals surface area contributed by atoms with Gasteiger partial charge in [0.1, 0.15) is 5.69 Å². The van der Waals surface area contributed by atoms with E-state index in [1.165, 1.54) is 19.4 Å². The molecule has 0 spiro atoms. The first-order chi connectivity index (χ1) is 9.95. The van der Waals surface area contributed by atoms with Gasteiger partial charge in [0.15, 0.2) is 0 Å². The average Bonchev–Trinajstić information content (AvgIpc) is 2.37. The summed E-state index contributed by atoms with van der Waals surface area (Å²) in [7, 11) is 2.81. The van der Waals surface area contributed by atoms with Crippen molar-refractivity contribution in [1.82, 2.24) is 4.90 Å². The minimum absolute atomic E-state index is 0.117. The largest absolute Gasteiger partial charge is 0.471 e. The third-order valence-corrected chi connectivity index (χ3v) is 3.04. The van der Waals surface area contributed by atoms with Crippen molar-refractivity contribution in [3.05, 3.63) is 32.3 Å². The number of anilines is 1. The number of halogens is 4. The van der Waals surface area contributed by atoms with Crippen LogP contribution in [0.3, 0.4) is 0 Å². The molecule has 0 aliphatic rings. The van der Waals surface area contributed by atoms with Gasteiger partial charge in [0.2, 0.25) is 0 Å². The van der Waals surface area contributed by atoms with E-state index in [0.29, 0.717) is 0 Å². The number of alkyl halides is 3. The summed E-state index contributed by atoms with van der Waals surface area (Å²) in [5, 5.41) is 12.4. The SMILES string of the molecule is CN(C)C(=O)c1cc(Br)c(NC(=O)C(F)(F)F)c([N+](=O)[O-])c1. The van der Waals surface area contributed by atoms with Gasteiger partial charge in [-0.05, 0) is 22.0 Å². The molecule has 0 saturated heterocycles. The summed E-state index contributed by atoms with van der Waals surface area (Å²) in [6, 6.07) is 1.88. The van der Waals surface area contributed by atoms with E-state index in [9.17, 15) is 32.9 Å². The van der Waals surface area contributed by atoms with Crippen LogP contribution in [0.15, 0.2) is 16.6 Å². The topological polar surface area (TPSA) is 92.6 Å². The van der Waals surface area contributed by atoms with Crippen molar-refractivity contribution in [2.24, 2.45) is 0 Å². The number of nitrogens with one attached hydrogen (secondary N) is 1. The van der Waals surface area contributed by atoms with Crippen LogP contribution >= 0.6 is 15.9 Å². The number of carbonyl (C=O) groups is 2. The zero-order valence-electron chi connectivity index (χ0n) is 11.2. The Morgan fingerprint density at radius 3 is 2.27 bits per heavy atom. The number of nitrogens with zero attached hydrogens (tertiary/aromatic N) is 2. The Bertz CT molecular complexity index is 646. The van der Waals surface area contributed by atoms with Crippen LogP contribution in [0.4, 0.5) is 24.5 Å². The van der Waals surface area contributed by atoms with Crippen molar-refractivity contribution in [2.45, 2.75) is 6.18 Å². The molecule has 0 bridgehead atoms. The fraction of sp³-hybridized carbons (Fsp3) is 0.273. The van der Waals surface area contributed by atoms with Crippen LogP contribution in [-0.2, 0) is 4.79 Å². The molecule has 0 fully saturated rings. The third-order valence-electron chi connectivity index (χ3n) is 2.42. The maximum absolute atomic E-state index is 12.3. The van der Waals surface area contributed by atoms with Crippen LogP contribution in [0.25, 0.3) is 0 Å². The Labute approximate surface area is 130 Å². The molecule has 0 atom stereocenters. The van der Waals surface area contributed by atoms with Gasteiger partial charge < -0.3 is 10.2 Å². The highest BCUT2D eigenvalue weighted by Crippen LogP contribution is 2.35. The maximum atomic E-state index is 12.3. The molecular formula is C11H9BrF3N3O4. The highest BCUT2D eigenvalue weighted by molar-refractivity contribution is 9.10. The lowest BCUT2D eigenvalue weighted by molar-refractivity contribution is -0.384. The predicted octanol–water partition coefficient (Wildman–Crippen LogP) is 2.56. The predicted molar refractivity (Wildman–Crippen MR) is 73.5 cm³/mol. The van der Waals surface area contributed by atoms with Gasteiger partial charge in [0.25, 0.3) is 11.6 Å². The zero-order valence-corrected chi connectivity index (χ0v) is 12.8. The lowest BCUT2D eigenvalue weighted by Gasteiger charge is -2.13. The molecule has 0 heterocycles. The number of hydrogen-bond acceptors (Lipinski definition) is 4. The molecule has 1 aromatic rings. The molecule has 2 amide bonds. The van der Waals surface area contributed by atoms with E-state index in [1.54, 1.807) is 0 Å². The number of benzene rings is 1. The maximum Gasteiger partial charge on any atom is 0.471 e. The van der Waals surface area contributed by atoms with Gasteiger partial charge >= 0.3 is 12.1 Å². The van der Waals surface area contributed by atoms with Crippen molar-refractivity contribution in [3.63, 3.8) is 0 Å². The molecule has 22 heavy (non-hydrogen) atoms. The van der Waals surface area contributed by atoms with E-state index in [2.05, 4.69) is 15.9 Å². The summed E-state index contributed by atoms with van der Waals surface area (Å²) in [4.78, 5) is 33.8. The normalized spacial score (nSPS) is 11.0. The number of nitro benzene ring substituents is 1. The summed E-state index contributed by atoms with van der Waals surface area (Å²) in [6.45, 7) is 0. The van der Waals surface area contributed by atoms with Gasteiger partial charge in [-0.15, -0.1) is 0 Å². The quantitative estimate of drug-likeness (QED) is 0.641. The molecule has 1 rings (SSSR count). The molecular weight excluding hydrogens is 375 g/mol. The number of carbonyl (C=O) groups excluding carboxylic acids is 2. The fourth-order valence-electron chi connectivity index (χ4n) is 1.43. The third kappa shape index (κ3) is 3.93. The van der Waals surface area contributed by atoms with Crippen LogP contribution < -0.4 is 5.32 Å². The van der Waals surface area contributed by atoms with Gasteiger partial charge in [-0.3, -0.25) is 19.7 Å². The lowest BCUT2D eigenvalue weighted by Crippen LogP contribution is -2.30. The number of hydrogen-bond donors (Lipinski definition) is 1. The molecule has 0 unspecified atom stereocenters. The highest BCUT2D eigenvalue weighted by Gasteiger charge is 2.40. The van der Waals surface area contributed by atoms with Crippen molar-refractivity contribution >= 4 is 39.1 Å². The number of rotatable bonds is 3. The molecule has 0 aromatic heterocycles. The molecule has 0 saturated carbocycles. The van der Waals surface area contributed by atoms with Crippen LogP contribution in [0.5, 0.6) is 0 Å². The van der Waals surface area contributed by atoms with E-state index >= 15 is 0 Å². The van der Waals surface area contributed by atoms with Crippen LogP contribution in [0, 0.1) is 10.1 Å². The Balaban J connectivity index is 3.38. The Kier molecular flexibility index (Phi) is 5.12. The summed E-state index contributed by atoms with van der Waals surface area (Å²) in [5.74, 6) is -2.94. The summed E-state index contributed by atoms with van der Waals surface area (Å²) >= 11 is 2.82. The molecule has 7 nitrogen and oxygen atoms in total. The first-order valence-electron chi connectivity index (χ1n) is 5.53. The summed E-state index contributed by atoms with van der Waals surface area (Å²) in [6.07, 6.45) is -5.20. The van der Waals surface area contributed by atoms with E-state index in [-0.39, 0.29) is 10.0 Å². The summed E-state index contributed by atoms with van der Waals surface area (Å²) in [5.41, 5.74) is -1.63. The molecule has 1 aromatic carbocycles. The Hall–Kier alpha value is -2.17. The minimum Gasteiger partial charge on any atom is -0.345 e. The fourth-order valence-corrected chi connectivity index (χ4v) is 1.97. The van der Waals surface area contributed by atoms with E-state index in [4.69, 9.17) is 0 Å². The van der Waals surface area contributed by atoms with Crippen LogP contribution in [0.2, 0.25) is 0 Å². The van der Waals surface area contributed by atoms with Crippen molar-refractivity contribution in [1.29, 1.82) is 0 Å². The van der Waals surface area contributed by atoms with E-state index in [1.807, 2.05) is 0 Å². The lowest BCUT2D eigenvalue weighted by atomic mass is 10.1. The average molecular weight is 384 g/mol. The Morgan fingerprint density at radius 1 is 1.32 bits per heavy atom. The monoisotopic (exact) mass is 383 g/mol. The van der Waals surface area contributed by atoms with Gasteiger partial charge in [0.05, 0.1) is 4.92 Å². The zero-order chi connectivity index (χ0) is 17.2. The standard InChI is InChI=1S/C11H9BrF3N3O4/c1-17(2)9(19)5-3-6(12)8(7(4-5)18(21)22)16-10(20)11(13,14)15/h3-4H,1-2H3,(H,16,20). The van der Waals surface area contributed by atoms with E-state index in [0.717, 1.165) is 17.0 Å². The van der Waals surface area contributed by atoms with Crippen LogP contribution in [0.1, 0.15) is 10.4 Å². The Morgan fingerprint density at radius 2 is 1.86 bits per heavy atom. The smallest absolute Gasteiger partial charge is 0.345 e. The first-order valence-corrected chi connectivity index (χ1v) is 6.32. The summed E-state index contributed by atoms with van der Waals surface area (Å²) < 4.78 is 36.5. The van der Waals surface area contributed by atoms with Crippen molar-refractivity contribution in [2.75, 3.05) is 19.4 Å². The molecule has 11 heteroatoms. The van der Waals surface area contributed by atoms with Crippen molar-refractivity contribution in [3.8, 4) is 0 Å². The van der Waals surface area contributed by atoms with Gasteiger partial charge in [0, 0.05) is 30.2 Å². The van der Waals surface area contributed by atoms with Crippen molar-refractivity contribution < 1.29 is 27.7 Å². The number of amides is 2. The molecule has 0 radical (unpaired) electrons. The molecule has 0 aliphatic heterocycles. The van der Waals surface area contributed by atoms with Gasteiger partial charge in [-0.2, -0.15) is 13.2 Å².